The molecule has 2 aromatic carbocycles. The molecule has 1 atom stereocenters. The van der Waals surface area contributed by atoms with Crippen LogP contribution in [-0.2, 0) is 18.4 Å². The molecule has 0 amide bonds. The number of allylic oxidation sites excluding steroid dienone is 4. The standard InChI is InChI=1S/C29H31N2S2.HPS.H/c1-3-30-24-9-5-7-11-26(24)32-28(30)18-20-15-21(17-23(16-20)22-13-14-22)19-29-31(4-2)25-10-6-8-12-27(25)33-29;1-2;/h5-12,15,18-19,22-23H,3-4,13-14,16-17H2,1-2H3;1H;/q+1;;-1/i;;1+2. The van der Waals surface area contributed by atoms with Crippen molar-refractivity contribution in [3.63, 3.8) is 0 Å². The molecule has 2 nitrogen and oxygen atoms in total. The smallest absolute Gasteiger partial charge is 0.263 e. The van der Waals surface area contributed by atoms with Crippen LogP contribution >= 0.6 is 31.1 Å². The van der Waals surface area contributed by atoms with Gasteiger partial charge in [-0.2, -0.15) is 4.57 Å². The molecule has 1 aliphatic heterocycles. The fourth-order valence-corrected chi connectivity index (χ4v) is 7.83. The van der Waals surface area contributed by atoms with Crippen molar-refractivity contribution < 1.29 is 5.99 Å². The minimum Gasteiger partial charge on any atom is -1.00 e. The van der Waals surface area contributed by atoms with Crippen molar-refractivity contribution in [2.75, 3.05) is 11.4 Å². The summed E-state index contributed by atoms with van der Waals surface area (Å²) < 4.78 is 3.85. The molecule has 2 aliphatic carbocycles. The first kappa shape index (κ1) is 24.9. The van der Waals surface area contributed by atoms with Crippen molar-refractivity contribution in [1.29, 1.82) is 0 Å². The highest BCUT2D eigenvalue weighted by Gasteiger charge is 2.34. The second kappa shape index (κ2) is 11.1. The summed E-state index contributed by atoms with van der Waals surface area (Å²) in [6, 6.07) is 17.6. The highest BCUT2D eigenvalue weighted by Crippen LogP contribution is 2.49. The fourth-order valence-electron chi connectivity index (χ4n) is 5.43. The van der Waals surface area contributed by atoms with Crippen LogP contribution in [0.5, 0.6) is 0 Å². The predicted octanol–water partition coefficient (Wildman–Crippen LogP) is 8.52. The van der Waals surface area contributed by atoms with Crippen molar-refractivity contribution in [3.8, 4) is 0 Å². The van der Waals surface area contributed by atoms with E-state index >= 15 is 0 Å². The van der Waals surface area contributed by atoms with Crippen molar-refractivity contribution in [1.82, 2.24) is 0 Å². The molecule has 0 radical (unpaired) electrons. The fraction of sp³-hybridized carbons (Fsp3) is 0.345. The molecule has 6 rings (SSSR count). The number of aryl methyl sites for hydroxylation is 1. The van der Waals surface area contributed by atoms with Gasteiger partial charge in [-0.3, -0.25) is 0 Å². The zero-order chi connectivity index (χ0) is 24.4. The van der Waals surface area contributed by atoms with Crippen LogP contribution < -0.4 is 9.47 Å². The number of fused-ring (bicyclic) bond motifs is 2. The first-order valence-corrected chi connectivity index (χ1v) is 15.8. The Labute approximate surface area is 226 Å². The Hall–Kier alpha value is -1.78. The van der Waals surface area contributed by atoms with Crippen LogP contribution in [0.1, 0.15) is 46.0 Å². The zero-order valence-corrected chi connectivity index (χ0v) is 23.8. The molecule has 0 saturated heterocycles. The SMILES string of the molecule is CCN1/C(=C/C2=CC(=C/c3sc4ccccc4[n+]3CC)/CC(C3CC3)C2)Sc2ccccc21.P=S.[3H-]. The molecule has 6 heteroatoms. The van der Waals surface area contributed by atoms with Gasteiger partial charge < -0.3 is 6.33 Å². The molecule has 1 aromatic heterocycles. The topological polar surface area (TPSA) is 7.12 Å². The minimum atomic E-state index is 0. The zero-order valence-electron chi connectivity index (χ0n) is 21.4. The lowest BCUT2D eigenvalue weighted by molar-refractivity contribution is -0.665. The van der Waals surface area contributed by atoms with Gasteiger partial charge in [0.25, 0.3) is 5.01 Å². The Bertz CT molecular complexity index is 1330. The van der Waals surface area contributed by atoms with Crippen LogP contribution in [0.15, 0.2) is 81.8 Å². The number of anilines is 1. The van der Waals surface area contributed by atoms with Gasteiger partial charge in [-0.25, -0.2) is 0 Å². The van der Waals surface area contributed by atoms with Crippen LogP contribution in [0.3, 0.4) is 0 Å². The molecular weight excluding hydrogens is 504 g/mol. The molecule has 3 aromatic rings. The molecule has 3 aliphatic rings. The van der Waals surface area contributed by atoms with E-state index in [4.69, 9.17) is 0 Å². The molecule has 1 unspecified atom stereocenters. The van der Waals surface area contributed by atoms with E-state index < -0.39 is 0 Å². The summed E-state index contributed by atoms with van der Waals surface area (Å²) in [4.78, 5) is 3.85. The van der Waals surface area contributed by atoms with Crippen molar-refractivity contribution in [3.05, 3.63) is 81.9 Å². The second-order valence-electron chi connectivity index (χ2n) is 9.39. The summed E-state index contributed by atoms with van der Waals surface area (Å²) in [7, 11) is 2.56. The Morgan fingerprint density at radius 2 is 1.80 bits per heavy atom. The summed E-state index contributed by atoms with van der Waals surface area (Å²) >= 11 is 7.74. The van der Waals surface area contributed by atoms with Crippen molar-refractivity contribution >= 4 is 64.9 Å². The van der Waals surface area contributed by atoms with E-state index in [0.717, 1.165) is 24.9 Å². The van der Waals surface area contributed by atoms with Gasteiger partial charge in [-0.05, 0) is 94.8 Å². The summed E-state index contributed by atoms with van der Waals surface area (Å²) in [5.41, 5.74) is 5.72. The van der Waals surface area contributed by atoms with Gasteiger partial charge in [0.2, 0.25) is 5.52 Å². The van der Waals surface area contributed by atoms with E-state index in [-0.39, 0.29) is 1.43 Å². The molecule has 0 N–H and O–H groups in total. The molecular formula is C29H33N2PS3. The van der Waals surface area contributed by atoms with Crippen molar-refractivity contribution in [2.45, 2.75) is 51.0 Å². The molecule has 1 fully saturated rings. The van der Waals surface area contributed by atoms with Gasteiger partial charge in [0.1, 0.15) is 11.2 Å². The number of nitrogens with zero attached hydrogens (tertiary/aromatic N) is 2. The monoisotopic (exact) mass is 538 g/mol. The van der Waals surface area contributed by atoms with Gasteiger partial charge in [0, 0.05) is 23.6 Å². The van der Waals surface area contributed by atoms with E-state index in [1.54, 1.807) is 0 Å². The largest absolute Gasteiger partial charge is 1.00 e. The first-order chi connectivity index (χ1) is 17.2. The molecule has 1 saturated carbocycles. The first-order valence-electron chi connectivity index (χ1n) is 12.5. The van der Waals surface area contributed by atoms with E-state index in [1.807, 2.05) is 23.1 Å². The molecule has 182 valence electrons. The molecule has 0 spiro atoms. The lowest BCUT2D eigenvalue weighted by Gasteiger charge is -2.24. The highest BCUT2D eigenvalue weighted by molar-refractivity contribution is 8.03. The van der Waals surface area contributed by atoms with Gasteiger partial charge in [0.05, 0.1) is 10.7 Å². The number of hydrogen-bond acceptors (Lipinski definition) is 4. The van der Waals surface area contributed by atoms with E-state index in [0.29, 0.717) is 0 Å². The van der Waals surface area contributed by atoms with Crippen LogP contribution in [0, 0.1) is 11.8 Å². The number of para-hydroxylation sites is 2. The average molecular weight is 539 g/mol. The number of rotatable bonds is 5. The Kier molecular flexibility index (Phi) is 7.89. The van der Waals surface area contributed by atoms with E-state index in [9.17, 15) is 0 Å². The Morgan fingerprint density at radius 1 is 1.03 bits per heavy atom. The highest BCUT2D eigenvalue weighted by atomic mass is 32.4. The van der Waals surface area contributed by atoms with Crippen LogP contribution in [-0.4, -0.2) is 6.54 Å². The van der Waals surface area contributed by atoms with Crippen LogP contribution in [0.4, 0.5) is 5.69 Å². The summed E-state index contributed by atoms with van der Waals surface area (Å²) in [5, 5.41) is 2.76. The lowest BCUT2D eigenvalue weighted by Crippen LogP contribution is -2.33. The maximum atomic E-state index is 3.89. The van der Waals surface area contributed by atoms with E-state index in [1.165, 1.54) is 67.7 Å². The number of hydrogen-bond donors (Lipinski definition) is 0. The number of thiazole rings is 1. The average Bonchev–Trinajstić information content (AvgIpc) is 3.60. The summed E-state index contributed by atoms with van der Waals surface area (Å²) in [6.07, 6.45) is 12.7. The second-order valence-corrected chi connectivity index (χ2v) is 11.5. The molecule has 0 bridgehead atoms. The summed E-state index contributed by atoms with van der Waals surface area (Å²) in [5.74, 6) is 1.72. The third-order valence-corrected chi connectivity index (χ3v) is 9.40. The van der Waals surface area contributed by atoms with Crippen LogP contribution in [0.25, 0.3) is 16.3 Å². The van der Waals surface area contributed by atoms with Gasteiger partial charge >= 0.3 is 0 Å². The number of thioether (sulfide) groups is 1. The van der Waals surface area contributed by atoms with Gasteiger partial charge in [-0.1, -0.05) is 65.2 Å². The molecule has 2 heterocycles. The normalized spacial score (nSPS) is 21.7. The predicted molar refractivity (Wildman–Crippen MR) is 159 cm³/mol. The number of benzene rings is 2. The third kappa shape index (κ3) is 5.20. The number of aromatic nitrogens is 1. The van der Waals surface area contributed by atoms with Crippen LogP contribution in [0.2, 0.25) is 0 Å². The summed E-state index contributed by atoms with van der Waals surface area (Å²) in [6.45, 7) is 6.54. The lowest BCUT2D eigenvalue weighted by atomic mass is 9.82. The van der Waals surface area contributed by atoms with Gasteiger partial charge in [0.15, 0.2) is 0 Å². The van der Waals surface area contributed by atoms with Gasteiger partial charge in [-0.15, -0.1) is 0 Å². The van der Waals surface area contributed by atoms with Crippen molar-refractivity contribution in [2.24, 2.45) is 11.8 Å². The molecule has 35 heavy (non-hydrogen) atoms. The maximum Gasteiger partial charge on any atom is 0.263 e. The Balaban J connectivity index is 0.000000990. The Morgan fingerprint density at radius 3 is 2.57 bits per heavy atom. The quantitative estimate of drug-likeness (QED) is 0.238. The third-order valence-electron chi connectivity index (χ3n) is 7.18. The maximum absolute atomic E-state index is 3.89. The minimum absolute atomic E-state index is 0. The van der Waals surface area contributed by atoms with E-state index in [2.05, 4.69) is 110 Å².